The van der Waals surface area contributed by atoms with Crippen molar-refractivity contribution in [2.24, 2.45) is 5.73 Å². The Morgan fingerprint density at radius 2 is 1.72 bits per heavy atom. The highest BCUT2D eigenvalue weighted by atomic mass is 35.5. The minimum absolute atomic E-state index is 0.0506. The number of nitrogens with zero attached hydrogens (tertiary/aromatic N) is 2. The Bertz CT molecular complexity index is 1180. The lowest BCUT2D eigenvalue weighted by Crippen LogP contribution is -2.41. The molecular weight excluding hydrogens is 453 g/mol. The summed E-state index contributed by atoms with van der Waals surface area (Å²) < 4.78 is 9.99. The lowest BCUT2D eigenvalue weighted by molar-refractivity contribution is -0.139. The average molecular weight is 472 g/mol. The maximum atomic E-state index is 13.0. The van der Waals surface area contributed by atoms with Crippen molar-refractivity contribution in [1.29, 1.82) is 5.26 Å². The second-order valence-electron chi connectivity index (χ2n) is 6.89. The van der Waals surface area contributed by atoms with E-state index in [1.807, 2.05) is 0 Å². The van der Waals surface area contributed by atoms with Crippen LogP contribution in [0.3, 0.4) is 0 Å². The highest BCUT2D eigenvalue weighted by Gasteiger charge is 2.43. The van der Waals surface area contributed by atoms with E-state index in [2.05, 4.69) is 6.07 Å². The van der Waals surface area contributed by atoms with Gasteiger partial charge < -0.3 is 15.2 Å². The van der Waals surface area contributed by atoms with Crippen LogP contribution in [-0.4, -0.2) is 26.2 Å². The molecule has 1 aliphatic rings. The first-order valence-electron chi connectivity index (χ1n) is 9.38. The predicted octanol–water partition coefficient (Wildman–Crippen LogP) is 4.20. The zero-order chi connectivity index (χ0) is 23.6. The molecule has 0 aromatic heterocycles. The van der Waals surface area contributed by atoms with Gasteiger partial charge in [-0.05, 0) is 30.2 Å². The molecule has 0 saturated carbocycles. The molecule has 164 valence electrons. The van der Waals surface area contributed by atoms with Crippen LogP contribution in [0.15, 0.2) is 65.1 Å². The lowest BCUT2D eigenvalue weighted by Gasteiger charge is -2.37. The normalized spacial score (nSPS) is 16.0. The van der Waals surface area contributed by atoms with Crippen molar-refractivity contribution < 1.29 is 19.1 Å². The lowest BCUT2D eigenvalue weighted by atomic mass is 9.80. The quantitative estimate of drug-likeness (QED) is 0.665. The highest BCUT2D eigenvalue weighted by molar-refractivity contribution is 6.37. The van der Waals surface area contributed by atoms with Crippen LogP contribution in [0, 0.1) is 18.3 Å². The fourth-order valence-electron chi connectivity index (χ4n) is 3.72. The number of hydrogen-bond donors (Lipinski definition) is 1. The average Bonchev–Trinajstić information content (AvgIpc) is 2.78. The van der Waals surface area contributed by atoms with E-state index in [1.165, 1.54) is 25.2 Å². The van der Waals surface area contributed by atoms with Crippen molar-refractivity contribution in [2.45, 2.75) is 12.8 Å². The zero-order valence-corrected chi connectivity index (χ0v) is 19.0. The molecule has 2 N–H and O–H groups in total. The number of allylic oxidation sites excluding steroid dienone is 1. The fraction of sp³-hybridized carbons (Fsp3) is 0.174. The van der Waals surface area contributed by atoms with E-state index < -0.39 is 17.9 Å². The summed E-state index contributed by atoms with van der Waals surface area (Å²) in [7, 11) is 2.36. The Labute approximate surface area is 195 Å². The number of methoxy groups -OCH3 is 2. The van der Waals surface area contributed by atoms with Gasteiger partial charge in [-0.25, -0.2) is 9.59 Å². The minimum Gasteiger partial charge on any atom is -0.466 e. The zero-order valence-electron chi connectivity index (χ0n) is 17.5. The van der Waals surface area contributed by atoms with Crippen LogP contribution in [0.1, 0.15) is 17.0 Å². The minimum atomic E-state index is -0.953. The summed E-state index contributed by atoms with van der Waals surface area (Å²) in [5, 5.41) is 10.6. The summed E-state index contributed by atoms with van der Waals surface area (Å²) in [5.41, 5.74) is 7.64. The van der Waals surface area contributed by atoms with E-state index in [-0.39, 0.29) is 33.4 Å². The Morgan fingerprint density at radius 3 is 2.25 bits per heavy atom. The van der Waals surface area contributed by atoms with Crippen molar-refractivity contribution >= 4 is 40.8 Å². The van der Waals surface area contributed by atoms with Crippen molar-refractivity contribution in [3.05, 3.63) is 86.3 Å². The molecule has 0 aliphatic carbocycles. The van der Waals surface area contributed by atoms with Crippen LogP contribution in [0.4, 0.5) is 5.69 Å². The third kappa shape index (κ3) is 3.91. The van der Waals surface area contributed by atoms with Crippen LogP contribution in [0.2, 0.25) is 10.0 Å². The second kappa shape index (κ2) is 9.35. The van der Waals surface area contributed by atoms with Gasteiger partial charge in [0.05, 0.1) is 48.1 Å². The van der Waals surface area contributed by atoms with E-state index >= 15 is 0 Å². The molecule has 9 heteroatoms. The Kier molecular flexibility index (Phi) is 6.78. The summed E-state index contributed by atoms with van der Waals surface area (Å²) in [6, 6.07) is 13.9. The smallest absolute Gasteiger partial charge is 0.355 e. The largest absolute Gasteiger partial charge is 0.466 e. The number of aryl methyl sites for hydroxylation is 1. The van der Waals surface area contributed by atoms with Gasteiger partial charge in [0.1, 0.15) is 11.5 Å². The fourth-order valence-corrected chi connectivity index (χ4v) is 4.40. The Balaban J connectivity index is 2.48. The van der Waals surface area contributed by atoms with Crippen LogP contribution >= 0.6 is 23.2 Å². The molecule has 0 bridgehead atoms. The van der Waals surface area contributed by atoms with Gasteiger partial charge >= 0.3 is 11.9 Å². The number of carbonyl (C=O) groups excluding carboxylic acids is 2. The van der Waals surface area contributed by atoms with E-state index in [0.717, 1.165) is 0 Å². The van der Waals surface area contributed by atoms with Gasteiger partial charge in [0.2, 0.25) is 0 Å². The van der Waals surface area contributed by atoms with Crippen LogP contribution in [0.5, 0.6) is 0 Å². The summed E-state index contributed by atoms with van der Waals surface area (Å²) in [5.74, 6) is -2.68. The summed E-state index contributed by atoms with van der Waals surface area (Å²) in [6.45, 7) is 1.71. The standard InChI is InChI=1S/C23H19Cl2N3O4/c1-12-9-14(24)10-16(25)19(12)28-20(23(30)32-3)18(22(29)31-2)17(15(11-26)21(28)27)13-7-5-4-6-8-13/h4-10,17H,27H2,1-3H3. The van der Waals surface area contributed by atoms with Gasteiger partial charge in [-0.1, -0.05) is 53.5 Å². The van der Waals surface area contributed by atoms with Crippen LogP contribution < -0.4 is 10.6 Å². The molecule has 7 nitrogen and oxygen atoms in total. The first kappa shape index (κ1) is 23.2. The van der Waals surface area contributed by atoms with Crippen molar-refractivity contribution in [3.63, 3.8) is 0 Å². The number of carbonyl (C=O) groups is 2. The Hall–Kier alpha value is -3.47. The number of anilines is 1. The number of halogens is 2. The third-order valence-electron chi connectivity index (χ3n) is 5.05. The van der Waals surface area contributed by atoms with Gasteiger partial charge in [-0.2, -0.15) is 5.26 Å². The Morgan fingerprint density at radius 1 is 1.09 bits per heavy atom. The van der Waals surface area contributed by atoms with Gasteiger partial charge in [0.25, 0.3) is 0 Å². The van der Waals surface area contributed by atoms with Gasteiger partial charge in [-0.15, -0.1) is 0 Å². The molecule has 0 radical (unpaired) electrons. The summed E-state index contributed by atoms with van der Waals surface area (Å²) >= 11 is 12.6. The van der Waals surface area contributed by atoms with Gasteiger partial charge in [-0.3, -0.25) is 4.90 Å². The number of ether oxygens (including phenoxy) is 2. The monoisotopic (exact) mass is 471 g/mol. The first-order valence-corrected chi connectivity index (χ1v) is 10.1. The third-order valence-corrected chi connectivity index (χ3v) is 5.56. The van der Waals surface area contributed by atoms with E-state index in [0.29, 0.717) is 16.1 Å². The predicted molar refractivity (Wildman–Crippen MR) is 121 cm³/mol. The van der Waals surface area contributed by atoms with Crippen molar-refractivity contribution in [1.82, 2.24) is 0 Å². The van der Waals surface area contributed by atoms with E-state index in [1.54, 1.807) is 43.3 Å². The number of rotatable bonds is 4. The SMILES string of the molecule is COC(=O)C1=C(C(=O)OC)N(c2c(C)cc(Cl)cc2Cl)C(N)=C(C#N)C1c1ccccc1. The summed E-state index contributed by atoms with van der Waals surface area (Å²) in [4.78, 5) is 27.3. The van der Waals surface area contributed by atoms with Crippen molar-refractivity contribution in [2.75, 3.05) is 19.1 Å². The molecule has 32 heavy (non-hydrogen) atoms. The highest BCUT2D eigenvalue weighted by Crippen LogP contribution is 2.46. The molecule has 2 aromatic carbocycles. The second-order valence-corrected chi connectivity index (χ2v) is 7.73. The van der Waals surface area contributed by atoms with Crippen LogP contribution in [0.25, 0.3) is 0 Å². The molecule has 0 fully saturated rings. The maximum absolute atomic E-state index is 13.0. The molecule has 0 spiro atoms. The topological polar surface area (TPSA) is 106 Å². The van der Waals surface area contributed by atoms with Crippen molar-refractivity contribution in [3.8, 4) is 6.07 Å². The summed E-state index contributed by atoms with van der Waals surface area (Å²) in [6.07, 6.45) is 0. The number of hydrogen-bond acceptors (Lipinski definition) is 7. The van der Waals surface area contributed by atoms with Crippen LogP contribution in [-0.2, 0) is 19.1 Å². The van der Waals surface area contributed by atoms with E-state index in [9.17, 15) is 14.9 Å². The molecule has 2 aromatic rings. The van der Waals surface area contributed by atoms with E-state index in [4.69, 9.17) is 38.4 Å². The maximum Gasteiger partial charge on any atom is 0.355 e. The van der Waals surface area contributed by atoms with Gasteiger partial charge in [0, 0.05) is 5.02 Å². The molecule has 0 amide bonds. The number of nitriles is 1. The molecular formula is C23H19Cl2N3O4. The molecule has 1 heterocycles. The number of nitrogens with two attached hydrogens (primary N) is 1. The molecule has 1 atom stereocenters. The molecule has 0 saturated heterocycles. The molecule has 1 aliphatic heterocycles. The molecule has 1 unspecified atom stereocenters. The number of esters is 2. The molecule has 3 rings (SSSR count). The first-order chi connectivity index (χ1) is 15.3. The number of benzene rings is 2. The van der Waals surface area contributed by atoms with Gasteiger partial charge in [0.15, 0.2) is 0 Å².